The van der Waals surface area contributed by atoms with Crippen LogP contribution in [-0.2, 0) is 6.42 Å². The van der Waals surface area contributed by atoms with Crippen molar-refractivity contribution < 1.29 is 9.90 Å². The molecule has 1 aromatic rings. The van der Waals surface area contributed by atoms with Gasteiger partial charge in [0.25, 0.3) is 0 Å². The number of carboxylic acid groups (broad SMARTS) is 1. The third-order valence-electron chi connectivity index (χ3n) is 4.69. The van der Waals surface area contributed by atoms with Gasteiger partial charge in [-0.15, -0.1) is 0 Å². The second-order valence-corrected chi connectivity index (χ2v) is 5.86. The fourth-order valence-electron chi connectivity index (χ4n) is 3.48. The van der Waals surface area contributed by atoms with Crippen LogP contribution in [0, 0.1) is 5.92 Å². The summed E-state index contributed by atoms with van der Waals surface area (Å²) in [5, 5.41) is 9.21. The average molecular weight is 275 g/mol. The molecule has 2 unspecified atom stereocenters. The fraction of sp³-hybridized carbons (Fsp3) is 0.588. The Labute approximate surface area is 121 Å². The van der Waals surface area contributed by atoms with E-state index in [1.807, 2.05) is 12.1 Å². The van der Waals surface area contributed by atoms with Crippen LogP contribution in [0.2, 0.25) is 0 Å². The van der Waals surface area contributed by atoms with Gasteiger partial charge in [-0.1, -0.05) is 38.0 Å². The van der Waals surface area contributed by atoms with Crippen LogP contribution in [0.3, 0.4) is 0 Å². The normalized spacial score (nSPS) is 22.4. The first-order chi connectivity index (χ1) is 9.63. The number of hydrogen-bond acceptors (Lipinski definition) is 2. The van der Waals surface area contributed by atoms with Crippen molar-refractivity contribution in [2.75, 3.05) is 13.6 Å². The molecule has 3 nitrogen and oxygen atoms in total. The highest BCUT2D eigenvalue weighted by Crippen LogP contribution is 2.31. The van der Waals surface area contributed by atoms with Gasteiger partial charge in [0.2, 0.25) is 0 Å². The predicted molar refractivity (Wildman–Crippen MR) is 81.2 cm³/mol. The Morgan fingerprint density at radius 2 is 2.10 bits per heavy atom. The molecular weight excluding hydrogens is 250 g/mol. The van der Waals surface area contributed by atoms with Crippen LogP contribution in [0.15, 0.2) is 24.3 Å². The Balaban J connectivity index is 1.96. The van der Waals surface area contributed by atoms with E-state index < -0.39 is 5.97 Å². The number of benzene rings is 1. The minimum absolute atomic E-state index is 0.444. The number of hydrogen-bond donors (Lipinski definition) is 1. The molecule has 0 heterocycles. The van der Waals surface area contributed by atoms with E-state index in [0.717, 1.165) is 24.4 Å². The lowest BCUT2D eigenvalue weighted by molar-refractivity contribution is 0.0695. The van der Waals surface area contributed by atoms with E-state index in [1.165, 1.54) is 25.7 Å². The molecule has 0 aliphatic heterocycles. The molecule has 2 atom stereocenters. The van der Waals surface area contributed by atoms with Gasteiger partial charge >= 0.3 is 5.97 Å². The van der Waals surface area contributed by atoms with Crippen molar-refractivity contribution in [1.29, 1.82) is 0 Å². The molecule has 2 rings (SSSR count). The van der Waals surface area contributed by atoms with E-state index in [1.54, 1.807) is 12.1 Å². The van der Waals surface area contributed by atoms with E-state index >= 15 is 0 Å². The standard InChI is InChI=1S/C17H25NO2/c1-3-13-8-6-10-16(13)18(2)12-11-14-7-4-5-9-15(14)17(19)20/h4-5,7,9,13,16H,3,6,8,10-12H2,1-2H3,(H,19,20). The van der Waals surface area contributed by atoms with E-state index in [9.17, 15) is 9.90 Å². The van der Waals surface area contributed by atoms with Gasteiger partial charge in [0.05, 0.1) is 5.56 Å². The maximum absolute atomic E-state index is 11.2. The lowest BCUT2D eigenvalue weighted by Gasteiger charge is -2.29. The number of carbonyl (C=O) groups is 1. The lowest BCUT2D eigenvalue weighted by atomic mass is 9.98. The minimum Gasteiger partial charge on any atom is -0.478 e. The van der Waals surface area contributed by atoms with Crippen LogP contribution >= 0.6 is 0 Å². The first-order valence-corrected chi connectivity index (χ1v) is 7.65. The molecular formula is C17H25NO2. The summed E-state index contributed by atoms with van der Waals surface area (Å²) in [6.45, 7) is 3.21. The summed E-state index contributed by atoms with van der Waals surface area (Å²) in [5.41, 5.74) is 1.39. The second-order valence-electron chi connectivity index (χ2n) is 5.86. The monoisotopic (exact) mass is 275 g/mol. The SMILES string of the molecule is CCC1CCCC1N(C)CCc1ccccc1C(=O)O. The molecule has 0 amide bonds. The number of aromatic carboxylic acids is 1. The van der Waals surface area contributed by atoms with Crippen LogP contribution in [-0.4, -0.2) is 35.6 Å². The molecule has 20 heavy (non-hydrogen) atoms. The van der Waals surface area contributed by atoms with Gasteiger partial charge in [-0.25, -0.2) is 4.79 Å². The molecule has 1 aromatic carbocycles. The van der Waals surface area contributed by atoms with Gasteiger partial charge < -0.3 is 10.0 Å². The minimum atomic E-state index is -0.824. The van der Waals surface area contributed by atoms with Crippen molar-refractivity contribution >= 4 is 5.97 Å². The van der Waals surface area contributed by atoms with E-state index in [0.29, 0.717) is 11.6 Å². The predicted octanol–water partition coefficient (Wildman–Crippen LogP) is 3.44. The Morgan fingerprint density at radius 1 is 1.35 bits per heavy atom. The number of nitrogens with zero attached hydrogens (tertiary/aromatic N) is 1. The van der Waals surface area contributed by atoms with Gasteiger partial charge in [0.1, 0.15) is 0 Å². The Kier molecular flexibility index (Phi) is 5.18. The summed E-state index contributed by atoms with van der Waals surface area (Å²) in [6.07, 6.45) is 6.03. The molecule has 3 heteroatoms. The average Bonchev–Trinajstić information content (AvgIpc) is 2.93. The van der Waals surface area contributed by atoms with Gasteiger partial charge in [-0.05, 0) is 43.9 Å². The summed E-state index contributed by atoms with van der Waals surface area (Å²) >= 11 is 0. The van der Waals surface area contributed by atoms with Crippen LogP contribution in [0.1, 0.15) is 48.5 Å². The van der Waals surface area contributed by atoms with Crippen molar-refractivity contribution in [2.24, 2.45) is 5.92 Å². The molecule has 0 spiro atoms. The molecule has 1 aliphatic rings. The first kappa shape index (κ1) is 15.0. The summed E-state index contributed by atoms with van der Waals surface area (Å²) in [6, 6.07) is 8.02. The van der Waals surface area contributed by atoms with Crippen molar-refractivity contribution in [3.8, 4) is 0 Å². The van der Waals surface area contributed by atoms with Crippen LogP contribution in [0.5, 0.6) is 0 Å². The van der Waals surface area contributed by atoms with Crippen molar-refractivity contribution in [1.82, 2.24) is 4.90 Å². The van der Waals surface area contributed by atoms with E-state index in [2.05, 4.69) is 18.9 Å². The Hall–Kier alpha value is -1.35. The van der Waals surface area contributed by atoms with Crippen LogP contribution in [0.25, 0.3) is 0 Å². The van der Waals surface area contributed by atoms with Gasteiger partial charge in [0, 0.05) is 12.6 Å². The zero-order valence-corrected chi connectivity index (χ0v) is 12.5. The zero-order chi connectivity index (χ0) is 14.5. The molecule has 110 valence electrons. The second kappa shape index (κ2) is 6.89. The van der Waals surface area contributed by atoms with E-state index in [4.69, 9.17) is 0 Å². The smallest absolute Gasteiger partial charge is 0.335 e. The molecule has 0 bridgehead atoms. The fourth-order valence-corrected chi connectivity index (χ4v) is 3.48. The summed E-state index contributed by atoms with van der Waals surface area (Å²) in [7, 11) is 2.18. The molecule has 0 aromatic heterocycles. The molecule has 1 fully saturated rings. The number of likely N-dealkylation sites (N-methyl/N-ethyl adjacent to an activating group) is 1. The van der Waals surface area contributed by atoms with Crippen molar-refractivity contribution in [3.63, 3.8) is 0 Å². The summed E-state index contributed by atoms with van der Waals surface area (Å²) in [4.78, 5) is 13.6. The maximum atomic E-state index is 11.2. The highest BCUT2D eigenvalue weighted by molar-refractivity contribution is 5.89. The van der Waals surface area contributed by atoms with Gasteiger partial charge in [-0.3, -0.25) is 0 Å². The topological polar surface area (TPSA) is 40.5 Å². The summed E-state index contributed by atoms with van der Waals surface area (Å²) in [5.74, 6) is -0.00901. The first-order valence-electron chi connectivity index (χ1n) is 7.65. The molecule has 0 saturated heterocycles. The highest BCUT2D eigenvalue weighted by atomic mass is 16.4. The third-order valence-corrected chi connectivity index (χ3v) is 4.69. The van der Waals surface area contributed by atoms with Gasteiger partial charge in [0.15, 0.2) is 0 Å². The van der Waals surface area contributed by atoms with Crippen LogP contribution < -0.4 is 0 Å². The van der Waals surface area contributed by atoms with Crippen LogP contribution in [0.4, 0.5) is 0 Å². The quantitative estimate of drug-likeness (QED) is 0.864. The largest absolute Gasteiger partial charge is 0.478 e. The molecule has 0 radical (unpaired) electrons. The zero-order valence-electron chi connectivity index (χ0n) is 12.5. The Bertz CT molecular complexity index is 458. The number of rotatable bonds is 6. The summed E-state index contributed by atoms with van der Waals surface area (Å²) < 4.78 is 0. The lowest BCUT2D eigenvalue weighted by Crippen LogP contribution is -2.36. The Morgan fingerprint density at radius 3 is 2.80 bits per heavy atom. The van der Waals surface area contributed by atoms with Crippen molar-refractivity contribution in [2.45, 2.75) is 45.1 Å². The number of carboxylic acids is 1. The molecule has 1 saturated carbocycles. The highest BCUT2D eigenvalue weighted by Gasteiger charge is 2.28. The van der Waals surface area contributed by atoms with Crippen molar-refractivity contribution in [3.05, 3.63) is 35.4 Å². The molecule has 1 aliphatic carbocycles. The van der Waals surface area contributed by atoms with E-state index in [-0.39, 0.29) is 0 Å². The van der Waals surface area contributed by atoms with Gasteiger partial charge in [-0.2, -0.15) is 0 Å². The third kappa shape index (κ3) is 3.40. The molecule has 1 N–H and O–H groups in total. The maximum Gasteiger partial charge on any atom is 0.335 e.